The van der Waals surface area contributed by atoms with Crippen molar-refractivity contribution in [3.63, 3.8) is 0 Å². The minimum absolute atomic E-state index is 0.105. The average molecular weight is 213 g/mol. The first-order valence-electron chi connectivity index (χ1n) is 6.07. The molecular formula is C12H23NO2. The predicted octanol–water partition coefficient (Wildman–Crippen LogP) is 2.39. The number of hydrogen-bond acceptors (Lipinski definition) is 2. The summed E-state index contributed by atoms with van der Waals surface area (Å²) in [6.45, 7) is 2.09. The topological polar surface area (TPSA) is 63.3 Å². The minimum Gasteiger partial charge on any atom is -0.481 e. The maximum atomic E-state index is 10.5. The van der Waals surface area contributed by atoms with Gasteiger partial charge in [0.15, 0.2) is 0 Å². The average Bonchev–Trinajstić information content (AvgIpc) is 2.18. The monoisotopic (exact) mass is 213 g/mol. The minimum atomic E-state index is -0.780. The van der Waals surface area contributed by atoms with Crippen LogP contribution in [0.1, 0.15) is 51.9 Å². The molecule has 1 rings (SSSR count). The predicted molar refractivity (Wildman–Crippen MR) is 60.6 cm³/mol. The molecule has 3 nitrogen and oxygen atoms in total. The second-order valence-electron chi connectivity index (χ2n) is 4.98. The number of carboxylic acids is 1. The van der Waals surface area contributed by atoms with E-state index in [1.54, 1.807) is 0 Å². The third-order valence-corrected chi connectivity index (χ3v) is 3.57. The van der Waals surface area contributed by atoms with Gasteiger partial charge in [0.1, 0.15) is 0 Å². The van der Waals surface area contributed by atoms with E-state index >= 15 is 0 Å². The van der Waals surface area contributed by atoms with Crippen LogP contribution in [-0.4, -0.2) is 17.1 Å². The zero-order valence-corrected chi connectivity index (χ0v) is 9.61. The van der Waals surface area contributed by atoms with Gasteiger partial charge in [-0.2, -0.15) is 0 Å². The van der Waals surface area contributed by atoms with Crippen LogP contribution in [0.25, 0.3) is 0 Å². The summed E-state index contributed by atoms with van der Waals surface area (Å²) in [7, 11) is 0. The number of hydrogen-bond donors (Lipinski definition) is 2. The van der Waals surface area contributed by atoms with Crippen LogP contribution in [0.15, 0.2) is 0 Å². The molecule has 1 fully saturated rings. The van der Waals surface area contributed by atoms with Crippen LogP contribution in [0.2, 0.25) is 0 Å². The van der Waals surface area contributed by atoms with Gasteiger partial charge in [0, 0.05) is 6.04 Å². The van der Waals surface area contributed by atoms with E-state index in [2.05, 4.69) is 6.92 Å². The molecule has 1 aliphatic carbocycles. The highest BCUT2D eigenvalue weighted by Crippen LogP contribution is 2.29. The first-order chi connectivity index (χ1) is 7.09. The fourth-order valence-electron chi connectivity index (χ4n) is 2.53. The molecule has 0 heterocycles. The van der Waals surface area contributed by atoms with Gasteiger partial charge in [0.25, 0.3) is 0 Å². The van der Waals surface area contributed by atoms with Crippen LogP contribution in [0.5, 0.6) is 0 Å². The number of carboxylic acid groups (broad SMARTS) is 1. The molecule has 1 aliphatic rings. The van der Waals surface area contributed by atoms with Crippen LogP contribution in [-0.2, 0) is 4.79 Å². The third kappa shape index (κ3) is 4.65. The lowest BCUT2D eigenvalue weighted by Crippen LogP contribution is -2.32. The summed E-state index contributed by atoms with van der Waals surface area (Å²) in [5.74, 6) is 0.343. The molecule has 15 heavy (non-hydrogen) atoms. The van der Waals surface area contributed by atoms with Crippen molar-refractivity contribution < 1.29 is 9.90 Å². The maximum absolute atomic E-state index is 10.5. The molecule has 0 amide bonds. The van der Waals surface area contributed by atoms with Crippen molar-refractivity contribution in [1.29, 1.82) is 0 Å². The highest BCUT2D eigenvalue weighted by atomic mass is 16.4. The van der Waals surface area contributed by atoms with Gasteiger partial charge in [0.2, 0.25) is 0 Å². The summed E-state index contributed by atoms with van der Waals surface area (Å²) >= 11 is 0. The van der Waals surface area contributed by atoms with Crippen molar-refractivity contribution in [2.75, 3.05) is 0 Å². The Hall–Kier alpha value is -0.570. The van der Waals surface area contributed by atoms with Gasteiger partial charge in [-0.15, -0.1) is 0 Å². The quantitative estimate of drug-likeness (QED) is 0.737. The Morgan fingerprint density at radius 3 is 2.53 bits per heavy atom. The molecule has 88 valence electrons. The Labute approximate surface area is 92.0 Å². The Bertz CT molecular complexity index is 200. The van der Waals surface area contributed by atoms with Crippen LogP contribution < -0.4 is 5.73 Å². The van der Waals surface area contributed by atoms with Crippen molar-refractivity contribution in [3.8, 4) is 0 Å². The van der Waals surface area contributed by atoms with Gasteiger partial charge >= 0.3 is 5.97 Å². The Morgan fingerprint density at radius 2 is 2.00 bits per heavy atom. The van der Waals surface area contributed by atoms with E-state index in [4.69, 9.17) is 10.8 Å². The second kappa shape index (κ2) is 6.11. The summed E-state index contributed by atoms with van der Waals surface area (Å²) < 4.78 is 0. The molecular weight excluding hydrogens is 190 g/mol. The molecule has 1 saturated carbocycles. The van der Waals surface area contributed by atoms with Crippen molar-refractivity contribution in [2.24, 2.45) is 17.6 Å². The lowest BCUT2D eigenvalue weighted by molar-refractivity contribution is -0.137. The lowest BCUT2D eigenvalue weighted by atomic mass is 9.81. The van der Waals surface area contributed by atoms with Gasteiger partial charge in [0.05, 0.1) is 6.42 Å². The van der Waals surface area contributed by atoms with E-state index < -0.39 is 5.97 Å². The highest BCUT2D eigenvalue weighted by Gasteiger charge is 2.21. The van der Waals surface area contributed by atoms with E-state index in [1.807, 2.05) is 0 Å². The maximum Gasteiger partial charge on any atom is 0.304 e. The smallest absolute Gasteiger partial charge is 0.304 e. The molecule has 0 aromatic heterocycles. The first kappa shape index (κ1) is 12.5. The summed E-state index contributed by atoms with van der Waals surface area (Å²) in [5, 5.41) is 8.66. The Morgan fingerprint density at radius 1 is 1.40 bits per heavy atom. The molecule has 0 radical (unpaired) electrons. The summed E-state index contributed by atoms with van der Waals surface area (Å²) in [4.78, 5) is 10.5. The van der Waals surface area contributed by atoms with E-state index in [9.17, 15) is 4.79 Å². The van der Waals surface area contributed by atoms with Crippen molar-refractivity contribution >= 4 is 5.97 Å². The fourth-order valence-corrected chi connectivity index (χ4v) is 2.53. The number of carbonyl (C=O) groups is 1. The largest absolute Gasteiger partial charge is 0.481 e. The molecule has 0 spiro atoms. The second-order valence-corrected chi connectivity index (χ2v) is 4.98. The van der Waals surface area contributed by atoms with Gasteiger partial charge in [-0.25, -0.2) is 0 Å². The molecule has 0 saturated heterocycles. The molecule has 2 atom stereocenters. The molecule has 0 unspecified atom stereocenters. The molecule has 0 aliphatic heterocycles. The van der Waals surface area contributed by atoms with Gasteiger partial charge < -0.3 is 10.8 Å². The number of nitrogens with two attached hydrogens (primary N) is 1. The van der Waals surface area contributed by atoms with Crippen LogP contribution in [0.4, 0.5) is 0 Å². The summed E-state index contributed by atoms with van der Waals surface area (Å²) in [6, 6.07) is -0.176. The SMILES string of the molecule is C[C@H](CC1CCCCC1)[C@H](N)CC(=O)O. The van der Waals surface area contributed by atoms with Crippen LogP contribution in [0.3, 0.4) is 0 Å². The van der Waals surface area contributed by atoms with Crippen LogP contribution >= 0.6 is 0 Å². The first-order valence-corrected chi connectivity index (χ1v) is 6.07. The van der Waals surface area contributed by atoms with E-state index in [1.165, 1.54) is 32.1 Å². The fraction of sp³-hybridized carbons (Fsp3) is 0.917. The van der Waals surface area contributed by atoms with Crippen molar-refractivity contribution in [2.45, 2.75) is 57.9 Å². The number of aliphatic carboxylic acids is 1. The van der Waals surface area contributed by atoms with Crippen molar-refractivity contribution in [3.05, 3.63) is 0 Å². The van der Waals surface area contributed by atoms with Gasteiger partial charge in [-0.05, 0) is 18.3 Å². The Balaban J connectivity index is 2.26. The van der Waals surface area contributed by atoms with Crippen LogP contribution in [0, 0.1) is 11.8 Å². The zero-order valence-electron chi connectivity index (χ0n) is 9.61. The normalized spacial score (nSPS) is 22.3. The zero-order chi connectivity index (χ0) is 11.3. The molecule has 0 bridgehead atoms. The molecule has 3 heteroatoms. The van der Waals surface area contributed by atoms with E-state index in [0.717, 1.165) is 12.3 Å². The summed E-state index contributed by atoms with van der Waals surface area (Å²) in [5.41, 5.74) is 5.85. The van der Waals surface area contributed by atoms with E-state index in [-0.39, 0.29) is 12.5 Å². The molecule has 0 aromatic carbocycles. The Kier molecular flexibility index (Phi) is 5.09. The third-order valence-electron chi connectivity index (χ3n) is 3.57. The van der Waals surface area contributed by atoms with E-state index in [0.29, 0.717) is 5.92 Å². The standard InChI is InChI=1S/C12H23NO2/c1-9(11(13)8-12(14)15)7-10-5-3-2-4-6-10/h9-11H,2-8,13H2,1H3,(H,14,15)/t9-,11-/m1/s1. The van der Waals surface area contributed by atoms with Gasteiger partial charge in [-0.1, -0.05) is 39.0 Å². The highest BCUT2D eigenvalue weighted by molar-refractivity contribution is 5.67. The summed E-state index contributed by atoms with van der Waals surface area (Å²) in [6.07, 6.45) is 7.87. The van der Waals surface area contributed by atoms with Gasteiger partial charge in [-0.3, -0.25) is 4.79 Å². The molecule has 3 N–H and O–H groups in total. The van der Waals surface area contributed by atoms with Crippen molar-refractivity contribution in [1.82, 2.24) is 0 Å². The lowest BCUT2D eigenvalue weighted by Gasteiger charge is -2.27. The molecule has 0 aromatic rings. The number of rotatable bonds is 5.